The molecule has 2 aromatic heterocycles. The van der Waals surface area contributed by atoms with Crippen LogP contribution in [0.25, 0.3) is 15.3 Å². The number of hydrogen-bond donors (Lipinski definition) is 1. The van der Waals surface area contributed by atoms with E-state index in [9.17, 15) is 4.79 Å². The van der Waals surface area contributed by atoms with Crippen LogP contribution in [0.5, 0.6) is 0 Å². The molecule has 5 nitrogen and oxygen atoms in total. The van der Waals surface area contributed by atoms with E-state index in [2.05, 4.69) is 49.4 Å². The second-order valence-corrected chi connectivity index (χ2v) is 8.78. The lowest BCUT2D eigenvalue weighted by Crippen LogP contribution is -2.16. The van der Waals surface area contributed by atoms with Gasteiger partial charge in [0.1, 0.15) is 5.82 Å². The second kappa shape index (κ2) is 5.66. The number of rotatable bonds is 3. The van der Waals surface area contributed by atoms with Gasteiger partial charge in [0.25, 0.3) is 0 Å². The lowest BCUT2D eigenvalue weighted by molar-refractivity contribution is -0.117. The standard InChI is InChI=1S/C19H22N4OS/c1-11-9-16(21-17(24)12-5-6-12)23(22-11)18-20-14-8-7-13(19(2,3)4)10-15(14)25-18/h7-10,12H,5-6H2,1-4H3,(H,21,24). The van der Waals surface area contributed by atoms with E-state index in [1.807, 2.05) is 13.0 Å². The van der Waals surface area contributed by atoms with Gasteiger partial charge in [-0.1, -0.05) is 38.2 Å². The number of fused-ring (bicyclic) bond motifs is 1. The second-order valence-electron chi connectivity index (χ2n) is 7.78. The largest absolute Gasteiger partial charge is 0.310 e. The maximum Gasteiger partial charge on any atom is 0.228 e. The minimum atomic E-state index is 0.0808. The van der Waals surface area contributed by atoms with Crippen LogP contribution in [0.15, 0.2) is 24.3 Å². The normalized spacial score (nSPS) is 14.9. The molecule has 6 heteroatoms. The molecule has 0 radical (unpaired) electrons. The van der Waals surface area contributed by atoms with Crippen molar-refractivity contribution in [1.82, 2.24) is 14.8 Å². The van der Waals surface area contributed by atoms with E-state index in [1.165, 1.54) is 5.56 Å². The monoisotopic (exact) mass is 354 g/mol. The maximum absolute atomic E-state index is 12.1. The molecule has 130 valence electrons. The first kappa shape index (κ1) is 16.3. The van der Waals surface area contributed by atoms with Crippen molar-refractivity contribution in [3.8, 4) is 5.13 Å². The van der Waals surface area contributed by atoms with E-state index < -0.39 is 0 Å². The molecular weight excluding hydrogens is 332 g/mol. The number of thiazole rings is 1. The Hall–Kier alpha value is -2.21. The summed E-state index contributed by atoms with van der Waals surface area (Å²) >= 11 is 1.60. The molecule has 0 unspecified atom stereocenters. The van der Waals surface area contributed by atoms with Crippen LogP contribution in [0.1, 0.15) is 44.9 Å². The number of benzene rings is 1. The molecule has 3 aromatic rings. The fraction of sp³-hybridized carbons (Fsp3) is 0.421. The highest BCUT2D eigenvalue weighted by atomic mass is 32.1. The third-order valence-electron chi connectivity index (χ3n) is 4.46. The Balaban J connectivity index is 1.73. The summed E-state index contributed by atoms with van der Waals surface area (Å²) in [4.78, 5) is 16.8. The highest BCUT2D eigenvalue weighted by Crippen LogP contribution is 2.33. The van der Waals surface area contributed by atoms with Crippen molar-refractivity contribution >= 4 is 33.3 Å². The topological polar surface area (TPSA) is 59.8 Å². The lowest BCUT2D eigenvalue weighted by atomic mass is 9.87. The number of nitrogens with zero attached hydrogens (tertiary/aromatic N) is 3. The van der Waals surface area contributed by atoms with Gasteiger partial charge in [-0.05, 0) is 42.9 Å². The van der Waals surface area contributed by atoms with Crippen molar-refractivity contribution in [3.63, 3.8) is 0 Å². The average Bonchev–Trinajstić information content (AvgIpc) is 3.20. The molecule has 0 spiro atoms. The van der Waals surface area contributed by atoms with Crippen molar-refractivity contribution in [2.24, 2.45) is 5.92 Å². The number of nitrogens with one attached hydrogen (secondary N) is 1. The molecule has 1 aliphatic carbocycles. The van der Waals surface area contributed by atoms with Gasteiger partial charge in [0.2, 0.25) is 11.0 Å². The van der Waals surface area contributed by atoms with Crippen LogP contribution in [0.2, 0.25) is 0 Å². The molecule has 0 atom stereocenters. The van der Waals surface area contributed by atoms with E-state index >= 15 is 0 Å². The van der Waals surface area contributed by atoms with Crippen LogP contribution in [-0.4, -0.2) is 20.7 Å². The van der Waals surface area contributed by atoms with Gasteiger partial charge in [0.05, 0.1) is 15.9 Å². The molecule has 1 N–H and O–H groups in total. The lowest BCUT2D eigenvalue weighted by Gasteiger charge is -2.18. The fourth-order valence-corrected chi connectivity index (χ4v) is 3.75. The molecular formula is C19H22N4OS. The first-order valence-corrected chi connectivity index (χ1v) is 9.42. The summed E-state index contributed by atoms with van der Waals surface area (Å²) in [6.45, 7) is 8.55. The number of anilines is 1. The summed E-state index contributed by atoms with van der Waals surface area (Å²) in [5, 5.41) is 8.31. The van der Waals surface area contributed by atoms with Crippen molar-refractivity contribution in [2.75, 3.05) is 5.32 Å². The molecule has 4 rings (SSSR count). The minimum absolute atomic E-state index is 0.0808. The van der Waals surface area contributed by atoms with Crippen LogP contribution in [0.3, 0.4) is 0 Å². The Bertz CT molecular complexity index is 960. The van der Waals surface area contributed by atoms with Gasteiger partial charge in [-0.2, -0.15) is 9.78 Å². The highest BCUT2D eigenvalue weighted by Gasteiger charge is 2.30. The molecule has 1 saturated carbocycles. The van der Waals surface area contributed by atoms with Crippen molar-refractivity contribution < 1.29 is 4.79 Å². The zero-order valence-electron chi connectivity index (χ0n) is 15.0. The summed E-state index contributed by atoms with van der Waals surface area (Å²) in [5.74, 6) is 0.940. The third kappa shape index (κ3) is 3.18. The number of carbonyl (C=O) groups excluding carboxylic acids is 1. The van der Waals surface area contributed by atoms with E-state index in [4.69, 9.17) is 4.98 Å². The van der Waals surface area contributed by atoms with Crippen LogP contribution < -0.4 is 5.32 Å². The molecule has 25 heavy (non-hydrogen) atoms. The van der Waals surface area contributed by atoms with Crippen LogP contribution in [0.4, 0.5) is 5.82 Å². The predicted molar refractivity (Wildman–Crippen MR) is 102 cm³/mol. The Morgan fingerprint density at radius 1 is 1.28 bits per heavy atom. The van der Waals surface area contributed by atoms with Gasteiger partial charge in [0, 0.05) is 12.0 Å². The van der Waals surface area contributed by atoms with Gasteiger partial charge in [-0.25, -0.2) is 4.98 Å². The zero-order valence-corrected chi connectivity index (χ0v) is 15.8. The van der Waals surface area contributed by atoms with E-state index in [0.717, 1.165) is 33.9 Å². The molecule has 1 aromatic carbocycles. The van der Waals surface area contributed by atoms with Gasteiger partial charge in [0.15, 0.2) is 0 Å². The smallest absolute Gasteiger partial charge is 0.228 e. The third-order valence-corrected chi connectivity index (χ3v) is 5.45. The van der Waals surface area contributed by atoms with Crippen LogP contribution >= 0.6 is 11.3 Å². The average molecular weight is 354 g/mol. The summed E-state index contributed by atoms with van der Waals surface area (Å²) in [7, 11) is 0. The molecule has 2 heterocycles. The Kier molecular flexibility index (Phi) is 3.68. The Morgan fingerprint density at radius 3 is 2.72 bits per heavy atom. The summed E-state index contributed by atoms with van der Waals surface area (Å²) in [5.41, 5.74) is 3.21. The Labute approximate surface area is 151 Å². The fourth-order valence-electron chi connectivity index (χ4n) is 2.78. The van der Waals surface area contributed by atoms with Gasteiger partial charge in [-0.3, -0.25) is 4.79 Å². The van der Waals surface area contributed by atoms with Gasteiger partial charge >= 0.3 is 0 Å². The number of aryl methyl sites for hydroxylation is 1. The predicted octanol–water partition coefficient (Wildman–Crippen LogP) is 4.44. The summed E-state index contributed by atoms with van der Waals surface area (Å²) < 4.78 is 2.88. The molecule has 1 fully saturated rings. The van der Waals surface area contributed by atoms with Gasteiger partial charge < -0.3 is 5.32 Å². The quantitative estimate of drug-likeness (QED) is 0.756. The van der Waals surface area contributed by atoms with Crippen LogP contribution in [-0.2, 0) is 10.2 Å². The summed E-state index contributed by atoms with van der Waals surface area (Å²) in [6, 6.07) is 8.30. The Morgan fingerprint density at radius 2 is 2.04 bits per heavy atom. The minimum Gasteiger partial charge on any atom is -0.310 e. The first-order chi connectivity index (χ1) is 11.8. The van der Waals surface area contributed by atoms with E-state index in [0.29, 0.717) is 5.82 Å². The number of carbonyl (C=O) groups is 1. The van der Waals surface area contributed by atoms with Crippen molar-refractivity contribution in [2.45, 2.75) is 46.0 Å². The molecule has 0 aliphatic heterocycles. The number of amides is 1. The molecule has 1 aliphatic rings. The SMILES string of the molecule is Cc1cc(NC(=O)C2CC2)n(-c2nc3ccc(C(C)(C)C)cc3s2)n1. The summed E-state index contributed by atoms with van der Waals surface area (Å²) in [6.07, 6.45) is 1.96. The van der Waals surface area contributed by atoms with E-state index in [1.54, 1.807) is 16.0 Å². The van der Waals surface area contributed by atoms with Crippen molar-refractivity contribution in [3.05, 3.63) is 35.5 Å². The maximum atomic E-state index is 12.1. The first-order valence-electron chi connectivity index (χ1n) is 8.60. The zero-order chi connectivity index (χ0) is 17.8. The number of hydrogen-bond acceptors (Lipinski definition) is 4. The number of aromatic nitrogens is 3. The highest BCUT2D eigenvalue weighted by molar-refractivity contribution is 7.20. The van der Waals surface area contributed by atoms with Gasteiger partial charge in [-0.15, -0.1) is 0 Å². The molecule has 1 amide bonds. The molecule has 0 saturated heterocycles. The van der Waals surface area contributed by atoms with E-state index in [-0.39, 0.29) is 17.2 Å². The van der Waals surface area contributed by atoms with Crippen LogP contribution in [0, 0.1) is 12.8 Å². The van der Waals surface area contributed by atoms with Crippen molar-refractivity contribution in [1.29, 1.82) is 0 Å². The molecule has 0 bridgehead atoms.